The molecule has 1 aliphatic rings. The molecule has 3 heteroatoms. The van der Waals surface area contributed by atoms with Gasteiger partial charge in [-0.3, -0.25) is 4.79 Å². The minimum absolute atomic E-state index is 0.106. The molecule has 2 aromatic rings. The zero-order chi connectivity index (χ0) is 13.4. The summed E-state index contributed by atoms with van der Waals surface area (Å²) >= 11 is 0. The summed E-state index contributed by atoms with van der Waals surface area (Å²) in [5, 5.41) is 0. The maximum atomic E-state index is 12.4. The van der Waals surface area contributed by atoms with Crippen LogP contribution in [0.15, 0.2) is 48.5 Å². The minimum Gasteiger partial charge on any atom is -0.497 e. The third kappa shape index (κ3) is 1.78. The summed E-state index contributed by atoms with van der Waals surface area (Å²) in [6, 6.07) is 15.6. The Morgan fingerprint density at radius 3 is 2.68 bits per heavy atom. The number of likely N-dealkylation sites (N-methyl/N-ethyl adjacent to an activating group) is 1. The van der Waals surface area contributed by atoms with Crippen molar-refractivity contribution in [2.24, 2.45) is 0 Å². The molecule has 0 radical (unpaired) electrons. The van der Waals surface area contributed by atoms with Gasteiger partial charge >= 0.3 is 0 Å². The molecule has 1 amide bonds. The van der Waals surface area contributed by atoms with Crippen LogP contribution in [0.1, 0.15) is 17.0 Å². The van der Waals surface area contributed by atoms with Gasteiger partial charge in [-0.15, -0.1) is 0 Å². The third-order valence-electron chi connectivity index (χ3n) is 3.61. The van der Waals surface area contributed by atoms with E-state index in [4.69, 9.17) is 4.74 Å². The summed E-state index contributed by atoms with van der Waals surface area (Å²) in [6.45, 7) is 0. The molecule has 1 heterocycles. The van der Waals surface area contributed by atoms with E-state index in [-0.39, 0.29) is 11.8 Å². The number of rotatable bonds is 2. The zero-order valence-electron chi connectivity index (χ0n) is 11.0. The van der Waals surface area contributed by atoms with Crippen LogP contribution in [0.3, 0.4) is 0 Å². The second-order valence-corrected chi connectivity index (χ2v) is 4.67. The van der Waals surface area contributed by atoms with Crippen molar-refractivity contribution in [2.75, 3.05) is 19.1 Å². The third-order valence-corrected chi connectivity index (χ3v) is 3.61. The number of anilines is 1. The van der Waals surface area contributed by atoms with Crippen LogP contribution in [0.2, 0.25) is 0 Å². The molecule has 96 valence electrons. The van der Waals surface area contributed by atoms with Crippen molar-refractivity contribution in [3.63, 3.8) is 0 Å². The Hall–Kier alpha value is -2.29. The van der Waals surface area contributed by atoms with Gasteiger partial charge in [0, 0.05) is 12.7 Å². The lowest BCUT2D eigenvalue weighted by Crippen LogP contribution is -2.24. The van der Waals surface area contributed by atoms with Gasteiger partial charge in [-0.05, 0) is 29.3 Å². The van der Waals surface area contributed by atoms with Crippen molar-refractivity contribution in [1.29, 1.82) is 0 Å². The highest BCUT2D eigenvalue weighted by molar-refractivity contribution is 6.06. The van der Waals surface area contributed by atoms with E-state index >= 15 is 0 Å². The molecule has 0 aliphatic carbocycles. The Bertz CT molecular complexity index is 636. The zero-order valence-corrected chi connectivity index (χ0v) is 11.0. The fraction of sp³-hybridized carbons (Fsp3) is 0.188. The first kappa shape index (κ1) is 11.8. The molecule has 0 N–H and O–H groups in total. The lowest BCUT2D eigenvalue weighted by atomic mass is 9.92. The van der Waals surface area contributed by atoms with Gasteiger partial charge in [0.2, 0.25) is 5.91 Å². The van der Waals surface area contributed by atoms with E-state index in [1.807, 2.05) is 55.6 Å². The van der Waals surface area contributed by atoms with E-state index in [0.717, 1.165) is 22.6 Å². The van der Waals surface area contributed by atoms with Gasteiger partial charge in [0.15, 0.2) is 0 Å². The van der Waals surface area contributed by atoms with E-state index in [1.165, 1.54) is 0 Å². The molecular formula is C16H15NO2. The highest BCUT2D eigenvalue weighted by Gasteiger charge is 2.35. The minimum atomic E-state index is -0.226. The molecule has 3 rings (SSSR count). The van der Waals surface area contributed by atoms with Crippen LogP contribution >= 0.6 is 0 Å². The Balaban J connectivity index is 2.12. The van der Waals surface area contributed by atoms with Gasteiger partial charge in [0.25, 0.3) is 0 Å². The summed E-state index contributed by atoms with van der Waals surface area (Å²) < 4.78 is 5.24. The fourth-order valence-electron chi connectivity index (χ4n) is 2.63. The number of amides is 1. The standard InChI is InChI=1S/C16H15NO2/c1-17-14-9-4-3-8-13(14)15(16(17)18)11-6-5-7-12(10-11)19-2/h3-10,15H,1-2H3. The Morgan fingerprint density at radius 2 is 1.89 bits per heavy atom. The Labute approximate surface area is 112 Å². The molecule has 1 atom stereocenters. The lowest BCUT2D eigenvalue weighted by Gasteiger charge is -2.12. The number of carbonyl (C=O) groups excluding carboxylic acids is 1. The maximum absolute atomic E-state index is 12.4. The van der Waals surface area contributed by atoms with Crippen LogP contribution in [0, 0.1) is 0 Å². The highest BCUT2D eigenvalue weighted by Crippen LogP contribution is 2.40. The van der Waals surface area contributed by atoms with Gasteiger partial charge in [-0.2, -0.15) is 0 Å². The van der Waals surface area contributed by atoms with Crippen LogP contribution in [0.4, 0.5) is 5.69 Å². The Morgan fingerprint density at radius 1 is 1.11 bits per heavy atom. The molecule has 2 aromatic carbocycles. The van der Waals surface area contributed by atoms with Crippen LogP contribution in [-0.4, -0.2) is 20.1 Å². The fourth-order valence-corrected chi connectivity index (χ4v) is 2.63. The predicted octanol–water partition coefficient (Wildman–Crippen LogP) is 2.80. The van der Waals surface area contributed by atoms with Crippen molar-refractivity contribution < 1.29 is 9.53 Å². The van der Waals surface area contributed by atoms with E-state index in [1.54, 1.807) is 12.0 Å². The van der Waals surface area contributed by atoms with Gasteiger partial charge in [-0.25, -0.2) is 0 Å². The molecule has 1 unspecified atom stereocenters. The van der Waals surface area contributed by atoms with Crippen LogP contribution in [0.25, 0.3) is 0 Å². The van der Waals surface area contributed by atoms with Crippen molar-refractivity contribution in [3.05, 3.63) is 59.7 Å². The number of carbonyl (C=O) groups is 1. The predicted molar refractivity (Wildman–Crippen MR) is 74.7 cm³/mol. The van der Waals surface area contributed by atoms with Crippen LogP contribution in [0.5, 0.6) is 5.75 Å². The monoisotopic (exact) mass is 253 g/mol. The molecule has 0 fully saturated rings. The Kier molecular flexibility index (Phi) is 2.75. The average molecular weight is 253 g/mol. The SMILES string of the molecule is COc1cccc(C2C(=O)N(C)c3ccccc32)c1. The van der Waals surface area contributed by atoms with Gasteiger partial charge in [0.05, 0.1) is 13.0 Å². The van der Waals surface area contributed by atoms with Crippen LogP contribution < -0.4 is 9.64 Å². The van der Waals surface area contributed by atoms with Crippen molar-refractivity contribution in [1.82, 2.24) is 0 Å². The van der Waals surface area contributed by atoms with E-state index in [2.05, 4.69) is 0 Å². The van der Waals surface area contributed by atoms with Gasteiger partial charge in [-0.1, -0.05) is 30.3 Å². The number of hydrogen-bond donors (Lipinski definition) is 0. The summed E-state index contributed by atoms with van der Waals surface area (Å²) in [4.78, 5) is 14.2. The molecule has 0 saturated carbocycles. The number of ether oxygens (including phenoxy) is 1. The average Bonchev–Trinajstić information content (AvgIpc) is 2.72. The van der Waals surface area contributed by atoms with E-state index in [0.29, 0.717) is 0 Å². The molecule has 3 nitrogen and oxygen atoms in total. The summed E-state index contributed by atoms with van der Waals surface area (Å²) in [7, 11) is 3.46. The molecule has 0 bridgehead atoms. The number of fused-ring (bicyclic) bond motifs is 1. The second kappa shape index (κ2) is 4.43. The summed E-state index contributed by atoms with van der Waals surface area (Å²) in [6.07, 6.45) is 0. The van der Waals surface area contributed by atoms with Gasteiger partial charge < -0.3 is 9.64 Å². The van der Waals surface area contributed by atoms with Crippen molar-refractivity contribution in [2.45, 2.75) is 5.92 Å². The highest BCUT2D eigenvalue weighted by atomic mass is 16.5. The molecular weight excluding hydrogens is 238 g/mol. The summed E-state index contributed by atoms with van der Waals surface area (Å²) in [5.41, 5.74) is 3.02. The number of nitrogens with zero attached hydrogens (tertiary/aromatic N) is 1. The largest absolute Gasteiger partial charge is 0.497 e. The number of benzene rings is 2. The normalized spacial score (nSPS) is 17.5. The van der Waals surface area contributed by atoms with E-state index < -0.39 is 0 Å². The number of hydrogen-bond acceptors (Lipinski definition) is 2. The molecule has 19 heavy (non-hydrogen) atoms. The lowest BCUT2D eigenvalue weighted by molar-refractivity contribution is -0.118. The smallest absolute Gasteiger partial charge is 0.238 e. The second-order valence-electron chi connectivity index (χ2n) is 4.67. The molecule has 0 spiro atoms. The number of para-hydroxylation sites is 1. The molecule has 0 saturated heterocycles. The topological polar surface area (TPSA) is 29.5 Å². The molecule has 1 aliphatic heterocycles. The maximum Gasteiger partial charge on any atom is 0.238 e. The van der Waals surface area contributed by atoms with Crippen molar-refractivity contribution >= 4 is 11.6 Å². The first-order chi connectivity index (χ1) is 9.22. The first-order valence-corrected chi connectivity index (χ1v) is 6.23. The van der Waals surface area contributed by atoms with Gasteiger partial charge in [0.1, 0.15) is 5.75 Å². The van der Waals surface area contributed by atoms with Crippen LogP contribution in [-0.2, 0) is 4.79 Å². The quantitative estimate of drug-likeness (QED) is 0.823. The first-order valence-electron chi connectivity index (χ1n) is 6.23. The van der Waals surface area contributed by atoms with E-state index in [9.17, 15) is 4.79 Å². The van der Waals surface area contributed by atoms with Crippen molar-refractivity contribution in [3.8, 4) is 5.75 Å². The summed E-state index contributed by atoms with van der Waals surface area (Å²) in [5.74, 6) is 0.656. The number of methoxy groups -OCH3 is 1. The molecule has 0 aromatic heterocycles.